The molecule has 6 heteroatoms. The minimum Gasteiger partial charge on any atom is -0.485 e. The zero-order chi connectivity index (χ0) is 19.4. The molecule has 2 aromatic rings. The maximum absolute atomic E-state index is 12.1. The molecule has 0 saturated carbocycles. The smallest absolute Gasteiger partial charge is 0.351 e. The lowest BCUT2D eigenvalue weighted by Gasteiger charge is -2.24. The summed E-state index contributed by atoms with van der Waals surface area (Å²) in [5.74, 6) is 0.0128. The fraction of sp³-hybridized carbons (Fsp3) is 0.333. The van der Waals surface area contributed by atoms with Crippen molar-refractivity contribution >= 4 is 17.6 Å². The largest absolute Gasteiger partial charge is 0.485 e. The summed E-state index contributed by atoms with van der Waals surface area (Å²) in [6.07, 6.45) is -0.890. The van der Waals surface area contributed by atoms with Crippen LogP contribution in [0.25, 0.3) is 0 Å². The third kappa shape index (κ3) is 4.78. The van der Waals surface area contributed by atoms with Crippen LogP contribution in [-0.4, -0.2) is 31.2 Å². The third-order valence-corrected chi connectivity index (χ3v) is 4.15. The van der Waals surface area contributed by atoms with Crippen LogP contribution in [0.5, 0.6) is 11.5 Å². The van der Waals surface area contributed by atoms with Gasteiger partial charge in [-0.1, -0.05) is 45.0 Å². The number of carbonyl (C=O) groups excluding carboxylic acids is 2. The number of hydrogen-bond donors (Lipinski definition) is 1. The van der Waals surface area contributed by atoms with E-state index in [1.165, 1.54) is 5.56 Å². The van der Waals surface area contributed by atoms with Gasteiger partial charge in [-0.25, -0.2) is 4.79 Å². The number of benzene rings is 2. The number of nitrogens with one attached hydrogen (secondary N) is 1. The number of fused-ring (bicyclic) bond motifs is 1. The van der Waals surface area contributed by atoms with Crippen molar-refractivity contribution in [2.75, 3.05) is 18.5 Å². The van der Waals surface area contributed by atoms with Crippen molar-refractivity contribution in [3.63, 3.8) is 0 Å². The number of esters is 1. The highest BCUT2D eigenvalue weighted by Gasteiger charge is 2.29. The first-order valence-electron chi connectivity index (χ1n) is 8.78. The summed E-state index contributed by atoms with van der Waals surface area (Å²) in [5, 5.41) is 2.71. The van der Waals surface area contributed by atoms with Crippen molar-refractivity contribution in [3.05, 3.63) is 54.1 Å². The van der Waals surface area contributed by atoms with Crippen LogP contribution in [0.3, 0.4) is 0 Å². The fourth-order valence-electron chi connectivity index (χ4n) is 2.62. The molecule has 2 aromatic carbocycles. The van der Waals surface area contributed by atoms with Crippen LogP contribution in [0, 0.1) is 0 Å². The molecule has 1 atom stereocenters. The van der Waals surface area contributed by atoms with Crippen molar-refractivity contribution in [1.82, 2.24) is 0 Å². The predicted octanol–water partition coefficient (Wildman–Crippen LogP) is 3.31. The van der Waals surface area contributed by atoms with E-state index >= 15 is 0 Å². The van der Waals surface area contributed by atoms with Crippen LogP contribution in [-0.2, 0) is 19.7 Å². The van der Waals surface area contributed by atoms with Gasteiger partial charge in [-0.2, -0.15) is 0 Å². The monoisotopic (exact) mass is 369 g/mol. The molecular formula is C21H23NO5. The van der Waals surface area contributed by atoms with Crippen molar-refractivity contribution in [1.29, 1.82) is 0 Å². The highest BCUT2D eigenvalue weighted by atomic mass is 16.6. The Labute approximate surface area is 158 Å². The summed E-state index contributed by atoms with van der Waals surface area (Å²) < 4.78 is 16.1. The van der Waals surface area contributed by atoms with E-state index in [-0.39, 0.29) is 18.6 Å². The van der Waals surface area contributed by atoms with Crippen LogP contribution in [0.1, 0.15) is 26.3 Å². The molecule has 0 aromatic heterocycles. The number of hydrogen-bond acceptors (Lipinski definition) is 5. The Kier molecular flexibility index (Phi) is 5.35. The fourth-order valence-corrected chi connectivity index (χ4v) is 2.62. The summed E-state index contributed by atoms with van der Waals surface area (Å²) >= 11 is 0. The van der Waals surface area contributed by atoms with Gasteiger partial charge in [-0.05, 0) is 35.2 Å². The number of anilines is 1. The minimum absolute atomic E-state index is 0.0404. The molecule has 0 radical (unpaired) electrons. The Balaban J connectivity index is 1.48. The third-order valence-electron chi connectivity index (χ3n) is 4.15. The average molecular weight is 369 g/mol. The van der Waals surface area contributed by atoms with E-state index in [2.05, 4.69) is 26.1 Å². The molecule has 3 rings (SSSR count). The molecule has 1 aliphatic heterocycles. The van der Waals surface area contributed by atoms with Gasteiger partial charge in [-0.15, -0.1) is 0 Å². The van der Waals surface area contributed by atoms with Gasteiger partial charge in [0.25, 0.3) is 5.91 Å². The maximum Gasteiger partial charge on any atom is 0.351 e. The van der Waals surface area contributed by atoms with Gasteiger partial charge in [0.05, 0.1) is 0 Å². The minimum atomic E-state index is -0.890. The lowest BCUT2D eigenvalue weighted by molar-refractivity contribution is -0.156. The first-order chi connectivity index (χ1) is 12.8. The Morgan fingerprint density at radius 3 is 2.41 bits per heavy atom. The number of para-hydroxylation sites is 2. The number of amides is 1. The van der Waals surface area contributed by atoms with Gasteiger partial charge in [0.1, 0.15) is 6.61 Å². The molecule has 0 spiro atoms. The van der Waals surface area contributed by atoms with E-state index < -0.39 is 18.0 Å². The van der Waals surface area contributed by atoms with Crippen molar-refractivity contribution in [2.45, 2.75) is 32.3 Å². The molecule has 0 aliphatic carbocycles. The van der Waals surface area contributed by atoms with Crippen LogP contribution in [0.15, 0.2) is 48.5 Å². The van der Waals surface area contributed by atoms with Crippen LogP contribution in [0.2, 0.25) is 0 Å². The van der Waals surface area contributed by atoms with Gasteiger partial charge in [0.15, 0.2) is 18.1 Å². The number of rotatable bonds is 4. The van der Waals surface area contributed by atoms with E-state index in [9.17, 15) is 9.59 Å². The topological polar surface area (TPSA) is 73.9 Å². The second-order valence-electron chi connectivity index (χ2n) is 7.35. The van der Waals surface area contributed by atoms with E-state index in [0.717, 1.165) is 0 Å². The van der Waals surface area contributed by atoms with Crippen molar-refractivity contribution in [3.8, 4) is 11.5 Å². The zero-order valence-electron chi connectivity index (χ0n) is 15.7. The first kappa shape index (κ1) is 18.8. The highest BCUT2D eigenvalue weighted by molar-refractivity contribution is 5.93. The first-order valence-corrected chi connectivity index (χ1v) is 8.78. The van der Waals surface area contributed by atoms with E-state index in [1.807, 2.05) is 30.3 Å². The Morgan fingerprint density at radius 2 is 1.74 bits per heavy atom. The van der Waals surface area contributed by atoms with Crippen LogP contribution < -0.4 is 14.8 Å². The summed E-state index contributed by atoms with van der Waals surface area (Å²) in [7, 11) is 0. The summed E-state index contributed by atoms with van der Waals surface area (Å²) in [4.78, 5) is 24.1. The van der Waals surface area contributed by atoms with Gasteiger partial charge in [-0.3, -0.25) is 4.79 Å². The van der Waals surface area contributed by atoms with E-state index in [4.69, 9.17) is 14.2 Å². The molecular weight excluding hydrogens is 346 g/mol. The molecule has 0 saturated heterocycles. The Hall–Kier alpha value is -3.02. The molecule has 6 nitrogen and oxygen atoms in total. The van der Waals surface area contributed by atoms with Crippen molar-refractivity contribution in [2.24, 2.45) is 0 Å². The molecule has 0 bridgehead atoms. The highest BCUT2D eigenvalue weighted by Crippen LogP contribution is 2.31. The normalized spacial score (nSPS) is 15.7. The molecule has 1 N–H and O–H groups in total. The Bertz CT molecular complexity index is 823. The van der Waals surface area contributed by atoms with Gasteiger partial charge >= 0.3 is 5.97 Å². The van der Waals surface area contributed by atoms with Crippen LogP contribution in [0.4, 0.5) is 5.69 Å². The standard InChI is InChI=1S/C21H23NO5/c1-21(2,3)14-8-10-15(11-9-14)22-19(23)13-26-20(24)18-12-25-16-6-4-5-7-17(16)27-18/h4-11,18H,12-13H2,1-3H3,(H,22,23). The molecule has 1 heterocycles. The number of carbonyl (C=O) groups is 2. The lowest BCUT2D eigenvalue weighted by Crippen LogP contribution is -2.39. The Morgan fingerprint density at radius 1 is 1.07 bits per heavy atom. The molecule has 142 valence electrons. The van der Waals surface area contributed by atoms with E-state index in [1.54, 1.807) is 18.2 Å². The molecule has 0 fully saturated rings. The summed E-state index contributed by atoms with van der Waals surface area (Å²) in [6, 6.07) is 14.7. The van der Waals surface area contributed by atoms with Gasteiger partial charge < -0.3 is 19.5 Å². The lowest BCUT2D eigenvalue weighted by atomic mass is 9.87. The summed E-state index contributed by atoms with van der Waals surface area (Å²) in [5.41, 5.74) is 1.86. The second-order valence-corrected chi connectivity index (χ2v) is 7.35. The predicted molar refractivity (Wildman–Crippen MR) is 101 cm³/mol. The molecule has 1 amide bonds. The molecule has 1 aliphatic rings. The zero-order valence-corrected chi connectivity index (χ0v) is 15.7. The maximum atomic E-state index is 12.1. The second kappa shape index (κ2) is 7.70. The van der Waals surface area contributed by atoms with Crippen LogP contribution >= 0.6 is 0 Å². The molecule has 1 unspecified atom stereocenters. The van der Waals surface area contributed by atoms with Gasteiger partial charge in [0.2, 0.25) is 6.10 Å². The molecule has 27 heavy (non-hydrogen) atoms. The van der Waals surface area contributed by atoms with E-state index in [0.29, 0.717) is 17.2 Å². The van der Waals surface area contributed by atoms with Crippen molar-refractivity contribution < 1.29 is 23.8 Å². The quantitative estimate of drug-likeness (QED) is 0.837. The van der Waals surface area contributed by atoms with Gasteiger partial charge in [0, 0.05) is 5.69 Å². The average Bonchev–Trinajstić information content (AvgIpc) is 2.65. The SMILES string of the molecule is CC(C)(C)c1ccc(NC(=O)COC(=O)C2COc3ccccc3O2)cc1. The number of ether oxygens (including phenoxy) is 3. The summed E-state index contributed by atoms with van der Waals surface area (Å²) in [6.45, 7) is 6.02.